The number of rotatable bonds is 7. The molecular formula is C13H21BrN2O3S. The first-order valence-corrected chi connectivity index (χ1v) is 8.67. The van der Waals surface area contributed by atoms with E-state index in [1.165, 1.54) is 17.5 Å². The van der Waals surface area contributed by atoms with E-state index in [1.807, 2.05) is 0 Å². The molecule has 2 N–H and O–H groups in total. The number of unbranched alkanes of at least 4 members (excludes halogenated alkanes) is 2. The Morgan fingerprint density at radius 2 is 2.00 bits per heavy atom. The summed E-state index contributed by atoms with van der Waals surface area (Å²) in [5, 5.41) is 0. The molecule has 0 saturated carbocycles. The first kappa shape index (κ1) is 17.3. The summed E-state index contributed by atoms with van der Waals surface area (Å²) in [5.74, 6) is 0.286. The Kier molecular flexibility index (Phi) is 6.29. The van der Waals surface area contributed by atoms with Gasteiger partial charge in [-0.15, -0.1) is 0 Å². The number of nitrogens with two attached hydrogens (primary N) is 1. The van der Waals surface area contributed by atoms with Gasteiger partial charge in [-0.1, -0.05) is 19.8 Å². The van der Waals surface area contributed by atoms with Crippen molar-refractivity contribution in [3.8, 4) is 5.75 Å². The standard InChI is InChI=1S/C13H21BrN2O3S/c1-4-5-6-7-16(2)20(17,18)13-9-11(15)10(14)8-12(13)19-3/h8-9H,4-7,15H2,1-3H3. The average molecular weight is 365 g/mol. The van der Waals surface area contributed by atoms with Crippen molar-refractivity contribution < 1.29 is 13.2 Å². The predicted octanol–water partition coefficient (Wildman–Crippen LogP) is 2.85. The van der Waals surface area contributed by atoms with E-state index in [4.69, 9.17) is 10.5 Å². The molecule has 20 heavy (non-hydrogen) atoms. The third-order valence-corrected chi connectivity index (χ3v) is 5.61. The molecule has 0 heterocycles. The van der Waals surface area contributed by atoms with Crippen LogP contribution in [0.2, 0.25) is 0 Å². The van der Waals surface area contributed by atoms with Crippen molar-refractivity contribution >= 4 is 31.6 Å². The molecule has 0 bridgehead atoms. The van der Waals surface area contributed by atoms with Crippen molar-refractivity contribution in [1.82, 2.24) is 4.31 Å². The molecule has 0 spiro atoms. The second-order valence-electron chi connectivity index (χ2n) is 4.56. The third-order valence-electron chi connectivity index (χ3n) is 3.05. The lowest BCUT2D eigenvalue weighted by molar-refractivity contribution is 0.397. The molecule has 1 rings (SSSR count). The van der Waals surface area contributed by atoms with E-state index >= 15 is 0 Å². The minimum atomic E-state index is -3.59. The number of hydrogen-bond acceptors (Lipinski definition) is 4. The van der Waals surface area contributed by atoms with Crippen LogP contribution in [0.3, 0.4) is 0 Å². The maximum Gasteiger partial charge on any atom is 0.246 e. The third kappa shape index (κ3) is 3.86. The number of ether oxygens (including phenoxy) is 1. The van der Waals surface area contributed by atoms with Crippen LogP contribution in [-0.4, -0.2) is 33.4 Å². The minimum Gasteiger partial charge on any atom is -0.495 e. The summed E-state index contributed by atoms with van der Waals surface area (Å²) in [6.45, 7) is 2.56. The quantitative estimate of drug-likeness (QED) is 0.596. The normalized spacial score (nSPS) is 11.8. The lowest BCUT2D eigenvalue weighted by Gasteiger charge is -2.19. The molecule has 0 unspecified atom stereocenters. The number of halogens is 1. The Bertz CT molecular complexity index is 561. The van der Waals surface area contributed by atoms with Gasteiger partial charge in [-0.3, -0.25) is 0 Å². The highest BCUT2D eigenvalue weighted by molar-refractivity contribution is 9.10. The summed E-state index contributed by atoms with van der Waals surface area (Å²) in [6, 6.07) is 3.00. The molecule has 5 nitrogen and oxygen atoms in total. The Morgan fingerprint density at radius 1 is 1.35 bits per heavy atom. The molecule has 1 aromatic carbocycles. The summed E-state index contributed by atoms with van der Waals surface area (Å²) in [4.78, 5) is 0.0969. The molecule has 114 valence electrons. The highest BCUT2D eigenvalue weighted by Crippen LogP contribution is 2.33. The van der Waals surface area contributed by atoms with Gasteiger partial charge in [0.2, 0.25) is 10.0 Å². The topological polar surface area (TPSA) is 72.6 Å². The molecule has 1 aromatic rings. The van der Waals surface area contributed by atoms with Gasteiger partial charge in [0.1, 0.15) is 10.6 Å². The number of benzene rings is 1. The molecule has 0 atom stereocenters. The van der Waals surface area contributed by atoms with Gasteiger partial charge < -0.3 is 10.5 Å². The van der Waals surface area contributed by atoms with Gasteiger partial charge in [0.25, 0.3) is 0 Å². The summed E-state index contributed by atoms with van der Waals surface area (Å²) >= 11 is 3.26. The fourth-order valence-corrected chi connectivity index (χ4v) is 3.48. The van der Waals surface area contributed by atoms with Crippen LogP contribution in [-0.2, 0) is 10.0 Å². The summed E-state index contributed by atoms with van der Waals surface area (Å²) in [6.07, 6.45) is 2.88. The molecule has 0 aliphatic carbocycles. The Labute approximate surface area is 129 Å². The zero-order chi connectivity index (χ0) is 15.3. The number of nitrogens with zero attached hydrogens (tertiary/aromatic N) is 1. The summed E-state index contributed by atoms with van der Waals surface area (Å²) < 4.78 is 32.2. The molecule has 0 aliphatic heterocycles. The lowest BCUT2D eigenvalue weighted by Crippen LogP contribution is -2.28. The molecule has 0 amide bonds. The van der Waals surface area contributed by atoms with Gasteiger partial charge in [-0.2, -0.15) is 0 Å². The fourth-order valence-electron chi connectivity index (χ4n) is 1.78. The van der Waals surface area contributed by atoms with E-state index in [1.54, 1.807) is 13.1 Å². The van der Waals surface area contributed by atoms with Gasteiger partial charge in [0, 0.05) is 23.8 Å². The van der Waals surface area contributed by atoms with Crippen LogP contribution in [0.1, 0.15) is 26.2 Å². The Hall–Kier alpha value is -0.790. The van der Waals surface area contributed by atoms with Crippen molar-refractivity contribution in [1.29, 1.82) is 0 Å². The number of methoxy groups -OCH3 is 1. The maximum atomic E-state index is 12.5. The van der Waals surface area contributed by atoms with Crippen molar-refractivity contribution in [2.45, 2.75) is 31.1 Å². The van der Waals surface area contributed by atoms with Crippen LogP contribution in [0.5, 0.6) is 5.75 Å². The predicted molar refractivity (Wildman–Crippen MR) is 84.4 cm³/mol. The average Bonchev–Trinajstić information content (AvgIpc) is 2.41. The molecule has 0 aromatic heterocycles. The number of nitrogen functional groups attached to an aromatic ring is 1. The van der Waals surface area contributed by atoms with Crippen LogP contribution in [0, 0.1) is 0 Å². The number of sulfonamides is 1. The maximum absolute atomic E-state index is 12.5. The lowest BCUT2D eigenvalue weighted by atomic mass is 10.2. The van der Waals surface area contributed by atoms with Crippen LogP contribution in [0.25, 0.3) is 0 Å². The SMILES string of the molecule is CCCCCN(C)S(=O)(=O)c1cc(N)c(Br)cc1OC. The molecule has 0 saturated heterocycles. The van der Waals surface area contributed by atoms with E-state index in [9.17, 15) is 8.42 Å². The van der Waals surface area contributed by atoms with E-state index in [2.05, 4.69) is 22.9 Å². The highest BCUT2D eigenvalue weighted by atomic mass is 79.9. The van der Waals surface area contributed by atoms with Gasteiger partial charge in [0.05, 0.1) is 7.11 Å². The van der Waals surface area contributed by atoms with Gasteiger partial charge in [-0.05, 0) is 34.5 Å². The highest BCUT2D eigenvalue weighted by Gasteiger charge is 2.25. The Morgan fingerprint density at radius 3 is 2.55 bits per heavy atom. The van der Waals surface area contributed by atoms with E-state index in [0.717, 1.165) is 19.3 Å². The molecule has 7 heteroatoms. The molecule has 0 aliphatic rings. The van der Waals surface area contributed by atoms with E-state index < -0.39 is 10.0 Å². The van der Waals surface area contributed by atoms with Crippen LogP contribution in [0.15, 0.2) is 21.5 Å². The Balaban J connectivity index is 3.11. The number of anilines is 1. The number of hydrogen-bond donors (Lipinski definition) is 1. The van der Waals surface area contributed by atoms with Crippen molar-refractivity contribution in [3.63, 3.8) is 0 Å². The van der Waals surface area contributed by atoms with Gasteiger partial charge >= 0.3 is 0 Å². The van der Waals surface area contributed by atoms with Gasteiger partial charge in [-0.25, -0.2) is 12.7 Å². The summed E-state index contributed by atoms with van der Waals surface area (Å²) in [7, 11) is -0.583. The smallest absolute Gasteiger partial charge is 0.246 e. The van der Waals surface area contributed by atoms with E-state index in [-0.39, 0.29) is 10.6 Å². The zero-order valence-corrected chi connectivity index (χ0v) is 14.4. The first-order valence-electron chi connectivity index (χ1n) is 6.44. The second kappa shape index (κ2) is 7.28. The second-order valence-corrected chi connectivity index (χ2v) is 7.43. The van der Waals surface area contributed by atoms with Crippen LogP contribution in [0.4, 0.5) is 5.69 Å². The molecular weight excluding hydrogens is 344 g/mol. The largest absolute Gasteiger partial charge is 0.495 e. The van der Waals surface area contributed by atoms with Crippen molar-refractivity contribution in [2.24, 2.45) is 0 Å². The van der Waals surface area contributed by atoms with Crippen LogP contribution >= 0.6 is 15.9 Å². The molecule has 0 radical (unpaired) electrons. The van der Waals surface area contributed by atoms with Crippen molar-refractivity contribution in [2.75, 3.05) is 26.4 Å². The van der Waals surface area contributed by atoms with E-state index in [0.29, 0.717) is 16.7 Å². The molecule has 0 fully saturated rings. The minimum absolute atomic E-state index is 0.0969. The fraction of sp³-hybridized carbons (Fsp3) is 0.538. The summed E-state index contributed by atoms with van der Waals surface area (Å²) in [5.41, 5.74) is 6.14. The monoisotopic (exact) mass is 364 g/mol. The van der Waals surface area contributed by atoms with Gasteiger partial charge in [0.15, 0.2) is 0 Å². The van der Waals surface area contributed by atoms with Crippen molar-refractivity contribution in [3.05, 3.63) is 16.6 Å². The zero-order valence-electron chi connectivity index (χ0n) is 12.0. The first-order chi connectivity index (χ1) is 9.34. The van der Waals surface area contributed by atoms with Crippen LogP contribution < -0.4 is 10.5 Å².